The van der Waals surface area contributed by atoms with Crippen LogP contribution in [0.15, 0.2) is 97.1 Å². The number of hydrogen-bond acceptors (Lipinski definition) is 5. The molecule has 228 valence electrons. The van der Waals surface area contributed by atoms with Crippen molar-refractivity contribution in [3.05, 3.63) is 108 Å². The summed E-state index contributed by atoms with van der Waals surface area (Å²) in [7, 11) is 3.03. The van der Waals surface area contributed by atoms with Crippen molar-refractivity contribution in [3.8, 4) is 11.5 Å². The first-order valence-electron chi connectivity index (χ1n) is 14.5. The molecule has 2 aliphatic rings. The number of rotatable bonds is 5. The summed E-state index contributed by atoms with van der Waals surface area (Å²) in [5, 5.41) is 10.4. The molecule has 4 aromatic rings. The zero-order valence-electron chi connectivity index (χ0n) is 24.9. The average molecular weight is 605 g/mol. The molecule has 2 heterocycles. The van der Waals surface area contributed by atoms with E-state index in [1.54, 1.807) is 53.4 Å². The van der Waals surface area contributed by atoms with Crippen LogP contribution in [-0.4, -0.2) is 72.8 Å². The number of methoxy groups -OCH3 is 2. The van der Waals surface area contributed by atoms with Gasteiger partial charge in [0.1, 0.15) is 17.5 Å². The molecule has 0 radical (unpaired) electrons. The third kappa shape index (κ3) is 5.42. The first kappa shape index (κ1) is 29.3. The second kappa shape index (κ2) is 12.5. The Morgan fingerprint density at radius 1 is 0.711 bits per heavy atom. The summed E-state index contributed by atoms with van der Waals surface area (Å²) in [5.41, 5.74) is 3.86. The van der Waals surface area contributed by atoms with Crippen LogP contribution in [0.2, 0.25) is 0 Å². The second-order valence-corrected chi connectivity index (χ2v) is 10.5. The van der Waals surface area contributed by atoms with Gasteiger partial charge in [0, 0.05) is 13.1 Å². The van der Waals surface area contributed by atoms with Crippen molar-refractivity contribution in [1.82, 2.24) is 9.80 Å². The smallest absolute Gasteiger partial charge is 0.330 e. The number of piperazine rings is 1. The zero-order chi connectivity index (χ0) is 31.5. The summed E-state index contributed by atoms with van der Waals surface area (Å²) >= 11 is 0. The van der Waals surface area contributed by atoms with E-state index in [2.05, 4.69) is 0 Å². The van der Waals surface area contributed by atoms with Gasteiger partial charge in [-0.1, -0.05) is 72.8 Å². The number of ether oxygens (including phenoxy) is 2. The van der Waals surface area contributed by atoms with E-state index in [1.165, 1.54) is 28.9 Å². The van der Waals surface area contributed by atoms with Crippen LogP contribution in [0.1, 0.15) is 11.1 Å². The molecule has 0 aromatic heterocycles. The van der Waals surface area contributed by atoms with Gasteiger partial charge in [0.15, 0.2) is 0 Å². The number of carboxylic acids is 1. The largest absolute Gasteiger partial charge is 0.495 e. The van der Waals surface area contributed by atoms with Crippen LogP contribution in [0.4, 0.5) is 32.3 Å². The Morgan fingerprint density at radius 3 is 1.71 bits per heavy atom. The van der Waals surface area contributed by atoms with Crippen molar-refractivity contribution < 1.29 is 29.0 Å². The third-order valence-corrected chi connectivity index (χ3v) is 8.01. The molecular formula is C35H32N4O6. The number of benzene rings is 4. The topological polar surface area (TPSA) is 103 Å². The Labute approximate surface area is 260 Å². The van der Waals surface area contributed by atoms with Gasteiger partial charge in [0.2, 0.25) is 0 Å². The molecule has 0 spiro atoms. The van der Waals surface area contributed by atoms with Crippen LogP contribution < -0.4 is 19.3 Å². The van der Waals surface area contributed by atoms with E-state index in [9.17, 15) is 19.5 Å². The highest BCUT2D eigenvalue weighted by atomic mass is 16.5. The first-order chi connectivity index (χ1) is 21.9. The predicted octanol–water partition coefficient (Wildman–Crippen LogP) is 6.47. The lowest BCUT2D eigenvalue weighted by molar-refractivity contribution is -0.143. The van der Waals surface area contributed by atoms with Gasteiger partial charge >= 0.3 is 18.0 Å². The van der Waals surface area contributed by atoms with Gasteiger partial charge in [-0.05, 0) is 47.5 Å². The number of aliphatic carboxylic acids is 1. The fraction of sp³-hybridized carbons (Fsp3) is 0.171. The molecule has 0 unspecified atom stereocenters. The van der Waals surface area contributed by atoms with Crippen molar-refractivity contribution in [3.63, 3.8) is 0 Å². The normalized spacial score (nSPS) is 15.4. The monoisotopic (exact) mass is 604 g/mol. The minimum Gasteiger partial charge on any atom is -0.495 e. The maximum atomic E-state index is 14.4. The highest BCUT2D eigenvalue weighted by Gasteiger charge is 2.42. The van der Waals surface area contributed by atoms with Gasteiger partial charge in [-0.2, -0.15) is 0 Å². The summed E-state index contributed by atoms with van der Waals surface area (Å²) in [6.07, 6.45) is 3.88. The zero-order valence-corrected chi connectivity index (χ0v) is 24.9. The van der Waals surface area contributed by atoms with Crippen LogP contribution >= 0.6 is 0 Å². The fourth-order valence-corrected chi connectivity index (χ4v) is 5.81. The Hall–Kier alpha value is -5.77. The van der Waals surface area contributed by atoms with Crippen molar-refractivity contribution in [2.24, 2.45) is 0 Å². The van der Waals surface area contributed by atoms with Gasteiger partial charge in [0.05, 0.1) is 43.5 Å². The summed E-state index contributed by atoms with van der Waals surface area (Å²) < 4.78 is 11.2. The lowest BCUT2D eigenvalue weighted by Crippen LogP contribution is -2.62. The van der Waals surface area contributed by atoms with E-state index >= 15 is 0 Å². The van der Waals surface area contributed by atoms with Crippen LogP contribution in [0.25, 0.3) is 12.2 Å². The number of amides is 4. The lowest BCUT2D eigenvalue weighted by Gasteiger charge is -2.43. The highest BCUT2D eigenvalue weighted by Crippen LogP contribution is 2.40. The van der Waals surface area contributed by atoms with Gasteiger partial charge in [-0.15, -0.1) is 0 Å². The summed E-state index contributed by atoms with van der Waals surface area (Å²) in [4.78, 5) is 47.3. The second-order valence-electron chi connectivity index (χ2n) is 10.5. The molecule has 0 bridgehead atoms. The standard InChI is InChI=1S/C35H32N4O6/c1-44-31-17-9-7-15-28(31)39(29-16-8-10-18-32(29)45-2)34(42)36-21-22-37(30(23-36)33(40)41)35(43)38-26-13-5-3-11-24(26)19-20-25-12-4-6-14-27(25)38/h3-20,30H,21-23H2,1-2H3,(H,40,41)/t30-/m0/s1. The number of carboxylic acid groups (broad SMARTS) is 1. The molecule has 1 N–H and O–H groups in total. The maximum Gasteiger partial charge on any atom is 0.330 e. The average Bonchev–Trinajstić information content (AvgIpc) is 3.25. The predicted molar refractivity (Wildman–Crippen MR) is 173 cm³/mol. The molecule has 0 aliphatic carbocycles. The van der Waals surface area contributed by atoms with Gasteiger partial charge in [-0.25, -0.2) is 14.4 Å². The molecule has 4 amide bonds. The molecule has 1 atom stereocenters. The molecule has 6 rings (SSSR count). The Balaban J connectivity index is 1.35. The molecule has 2 aliphatic heterocycles. The molecule has 1 fully saturated rings. The molecule has 0 saturated carbocycles. The minimum atomic E-state index is -1.30. The van der Waals surface area contributed by atoms with Crippen molar-refractivity contribution >= 4 is 52.9 Å². The van der Waals surface area contributed by atoms with Crippen molar-refractivity contribution in [2.45, 2.75) is 6.04 Å². The number of nitrogens with zero attached hydrogens (tertiary/aromatic N) is 4. The summed E-state index contributed by atoms with van der Waals surface area (Å²) in [6, 6.07) is 26.9. The fourth-order valence-electron chi connectivity index (χ4n) is 5.81. The van der Waals surface area contributed by atoms with E-state index in [4.69, 9.17) is 9.47 Å². The van der Waals surface area contributed by atoms with Gasteiger partial charge < -0.3 is 24.4 Å². The Bertz CT molecular complexity index is 1690. The van der Waals surface area contributed by atoms with E-state index in [-0.39, 0.29) is 19.6 Å². The Morgan fingerprint density at radius 2 is 1.20 bits per heavy atom. The quantitative estimate of drug-likeness (QED) is 0.280. The lowest BCUT2D eigenvalue weighted by atomic mass is 10.1. The van der Waals surface area contributed by atoms with Gasteiger partial charge in [-0.3, -0.25) is 9.80 Å². The number of anilines is 4. The first-order valence-corrected chi connectivity index (χ1v) is 14.5. The van der Waals surface area contributed by atoms with Gasteiger partial charge in [0.25, 0.3) is 0 Å². The molecule has 10 nitrogen and oxygen atoms in total. The summed E-state index contributed by atoms with van der Waals surface area (Å²) in [6.45, 7) is -0.123. The number of para-hydroxylation sites is 6. The van der Waals surface area contributed by atoms with E-state index in [0.717, 1.165) is 11.1 Å². The summed E-state index contributed by atoms with van der Waals surface area (Å²) in [5.74, 6) is -0.309. The number of urea groups is 2. The molecule has 1 saturated heterocycles. The molecule has 10 heteroatoms. The molecular weight excluding hydrogens is 572 g/mol. The minimum absolute atomic E-state index is 0.00148. The van der Waals surface area contributed by atoms with Crippen LogP contribution in [0.5, 0.6) is 11.5 Å². The van der Waals surface area contributed by atoms with Crippen LogP contribution in [0, 0.1) is 0 Å². The van der Waals surface area contributed by atoms with E-state index < -0.39 is 24.1 Å². The maximum absolute atomic E-state index is 14.4. The Kier molecular flexibility index (Phi) is 8.11. The van der Waals surface area contributed by atoms with Crippen molar-refractivity contribution in [2.75, 3.05) is 43.7 Å². The SMILES string of the molecule is COc1ccccc1N(C(=O)N1CCN(C(=O)N2c3ccccc3C=Cc3ccccc32)[C@H](C(=O)O)C1)c1ccccc1OC. The van der Waals surface area contributed by atoms with E-state index in [0.29, 0.717) is 34.2 Å². The van der Waals surface area contributed by atoms with Crippen LogP contribution in [0.3, 0.4) is 0 Å². The van der Waals surface area contributed by atoms with E-state index in [1.807, 2.05) is 60.7 Å². The molecule has 4 aromatic carbocycles. The van der Waals surface area contributed by atoms with Crippen molar-refractivity contribution in [1.29, 1.82) is 0 Å². The van der Waals surface area contributed by atoms with Crippen LogP contribution in [-0.2, 0) is 4.79 Å². The highest BCUT2D eigenvalue weighted by molar-refractivity contribution is 6.07. The third-order valence-electron chi connectivity index (χ3n) is 8.01. The molecule has 45 heavy (non-hydrogen) atoms. The number of carbonyl (C=O) groups is 3. The number of hydrogen-bond donors (Lipinski definition) is 1. The number of carbonyl (C=O) groups excluding carboxylic acids is 2. The number of fused-ring (bicyclic) bond motifs is 2.